The molecule has 0 aliphatic rings. The SMILES string of the molecule is CCCCCCCCCCCCCCCCCCOP(=O)([O-])[O-].CCCCCCCC[N+](CC)(CC)CC.CCCCCCCC[N+](CC)(CC)CC. The smallest absolute Gasteiger partial charge is 0.0786 e. The molecule has 0 aliphatic heterocycles. The van der Waals surface area contributed by atoms with Crippen LogP contribution < -0.4 is 9.79 Å². The topological polar surface area (TPSA) is 72.4 Å². The fourth-order valence-electron chi connectivity index (χ4n) is 7.57. The van der Waals surface area contributed by atoms with Crippen LogP contribution in [0.1, 0.15) is 242 Å². The number of quaternary nitrogens is 2. The van der Waals surface area contributed by atoms with Crippen molar-refractivity contribution in [3.63, 3.8) is 0 Å². The van der Waals surface area contributed by atoms with Gasteiger partial charge < -0.3 is 27.8 Å². The summed E-state index contributed by atoms with van der Waals surface area (Å²) in [7, 11) is -4.76. The van der Waals surface area contributed by atoms with Crippen LogP contribution in [0.25, 0.3) is 0 Å². The fraction of sp³-hybridized carbons (Fsp3) is 1.00. The fourth-order valence-corrected chi connectivity index (χ4v) is 7.92. The highest BCUT2D eigenvalue weighted by molar-refractivity contribution is 7.43. The highest BCUT2D eigenvalue weighted by Gasteiger charge is 2.20. The van der Waals surface area contributed by atoms with Crippen molar-refractivity contribution in [2.75, 3.05) is 59.0 Å². The first-order chi connectivity index (χ1) is 25.5. The molecule has 7 heteroatoms. The molecule has 0 N–H and O–H groups in total. The molecule has 324 valence electrons. The molecule has 0 aromatic carbocycles. The van der Waals surface area contributed by atoms with E-state index in [1.165, 1.54) is 222 Å². The number of hydrogen-bond acceptors (Lipinski definition) is 4. The monoisotopic (exact) mass is 777 g/mol. The second-order valence-corrected chi connectivity index (χ2v) is 17.3. The number of unbranched alkanes of at least 4 members (excludes halogenated alkanes) is 25. The third-order valence-corrected chi connectivity index (χ3v) is 12.7. The molecular weight excluding hydrogens is 675 g/mol. The minimum atomic E-state index is -4.76. The second-order valence-electron chi connectivity index (χ2n) is 16.1. The zero-order valence-corrected chi connectivity index (χ0v) is 39.0. The molecule has 0 saturated heterocycles. The van der Waals surface area contributed by atoms with Gasteiger partial charge in [-0.2, -0.15) is 0 Å². The van der Waals surface area contributed by atoms with Crippen LogP contribution in [0.4, 0.5) is 0 Å². The van der Waals surface area contributed by atoms with E-state index >= 15 is 0 Å². The van der Waals surface area contributed by atoms with E-state index in [4.69, 9.17) is 0 Å². The second kappa shape index (κ2) is 43.2. The van der Waals surface area contributed by atoms with Crippen molar-refractivity contribution < 1.29 is 27.8 Å². The molecule has 0 amide bonds. The van der Waals surface area contributed by atoms with Gasteiger partial charge in [0, 0.05) is 0 Å². The Morgan fingerprint density at radius 3 is 0.755 bits per heavy atom. The number of phosphoric acid groups is 1. The van der Waals surface area contributed by atoms with Crippen LogP contribution >= 0.6 is 7.82 Å². The molecule has 53 heavy (non-hydrogen) atoms. The first-order valence-corrected chi connectivity index (χ1v) is 25.4. The Bertz CT molecular complexity index is 676. The van der Waals surface area contributed by atoms with Crippen molar-refractivity contribution in [1.29, 1.82) is 0 Å². The molecule has 0 radical (unpaired) electrons. The minimum absolute atomic E-state index is 0.0444. The number of hydrogen-bond donors (Lipinski definition) is 0. The van der Waals surface area contributed by atoms with Crippen LogP contribution in [0.15, 0.2) is 0 Å². The van der Waals surface area contributed by atoms with Gasteiger partial charge in [0.15, 0.2) is 0 Å². The molecule has 0 atom stereocenters. The maximum Gasteiger partial charge on any atom is 0.0786 e. The van der Waals surface area contributed by atoms with Gasteiger partial charge in [0.2, 0.25) is 0 Å². The van der Waals surface area contributed by atoms with E-state index in [0.29, 0.717) is 6.42 Å². The van der Waals surface area contributed by atoms with E-state index < -0.39 is 7.82 Å². The van der Waals surface area contributed by atoms with Crippen molar-refractivity contribution in [3.8, 4) is 0 Å². The molecule has 6 nitrogen and oxygen atoms in total. The third kappa shape index (κ3) is 41.5. The van der Waals surface area contributed by atoms with Gasteiger partial charge in [-0.05, 0) is 73.6 Å². The molecule has 0 aromatic heterocycles. The van der Waals surface area contributed by atoms with Gasteiger partial charge >= 0.3 is 0 Å². The molecule has 0 spiro atoms. The van der Waals surface area contributed by atoms with E-state index in [9.17, 15) is 14.4 Å². The molecule has 0 unspecified atom stereocenters. The summed E-state index contributed by atoms with van der Waals surface area (Å²) in [6, 6.07) is 0. The molecule has 0 rings (SSSR count). The molecule has 0 bridgehead atoms. The molecule has 0 aromatic rings. The van der Waals surface area contributed by atoms with E-state index in [-0.39, 0.29) is 6.61 Å². The van der Waals surface area contributed by atoms with Gasteiger partial charge in [-0.1, -0.05) is 168 Å². The zero-order chi connectivity index (χ0) is 40.4. The Labute approximate surface area is 335 Å². The summed E-state index contributed by atoms with van der Waals surface area (Å²) < 4.78 is 17.1. The quantitative estimate of drug-likeness (QED) is 0.0356. The maximum absolute atomic E-state index is 10.2. The van der Waals surface area contributed by atoms with Gasteiger partial charge in [0.05, 0.1) is 66.8 Å². The van der Waals surface area contributed by atoms with Gasteiger partial charge in [-0.3, -0.25) is 0 Å². The summed E-state index contributed by atoms with van der Waals surface area (Å²) in [5.74, 6) is 0. The summed E-state index contributed by atoms with van der Waals surface area (Å²) >= 11 is 0. The highest BCUT2D eigenvalue weighted by Crippen LogP contribution is 2.25. The Balaban J connectivity index is -0.000000735. The van der Waals surface area contributed by atoms with Crippen LogP contribution in [0, 0.1) is 0 Å². The standard InChI is InChI=1S/C18H39O4P.2C14H32N/c1-2-3-4-5-6-7-8-9-10-11-12-13-14-15-16-17-18-22-23(19,20)21;2*1-5-9-10-11-12-13-14-15(6-2,7-3)8-4/h2-18H2,1H3,(H2,19,20,21);2*5-14H2,1-4H3/q;2*+1/p-2. The number of rotatable bonds is 38. The predicted molar refractivity (Wildman–Crippen MR) is 233 cm³/mol. The Morgan fingerprint density at radius 2 is 0.547 bits per heavy atom. The lowest BCUT2D eigenvalue weighted by molar-refractivity contribution is -0.923. The van der Waals surface area contributed by atoms with Crippen LogP contribution in [0.3, 0.4) is 0 Å². The van der Waals surface area contributed by atoms with Crippen LogP contribution in [-0.2, 0) is 9.09 Å². The van der Waals surface area contributed by atoms with E-state index in [0.717, 1.165) is 12.8 Å². The summed E-state index contributed by atoms with van der Waals surface area (Å²) in [5, 5.41) is 0. The van der Waals surface area contributed by atoms with E-state index in [2.05, 4.69) is 66.8 Å². The molecule has 0 heterocycles. The Kier molecular flexibility index (Phi) is 46.7. The Hall–Kier alpha value is 0.0300. The van der Waals surface area contributed by atoms with Gasteiger partial charge in [0.25, 0.3) is 0 Å². The van der Waals surface area contributed by atoms with E-state index in [1.807, 2.05) is 0 Å². The summed E-state index contributed by atoms with van der Waals surface area (Å²) in [4.78, 5) is 20.5. The van der Waals surface area contributed by atoms with Gasteiger partial charge in [-0.15, -0.1) is 0 Å². The van der Waals surface area contributed by atoms with Crippen LogP contribution in [-0.4, -0.2) is 67.9 Å². The van der Waals surface area contributed by atoms with Crippen molar-refractivity contribution in [3.05, 3.63) is 0 Å². The van der Waals surface area contributed by atoms with Gasteiger partial charge in [0.1, 0.15) is 0 Å². The average molecular weight is 777 g/mol. The summed E-state index contributed by atoms with van der Waals surface area (Å²) in [5.41, 5.74) is 0. The zero-order valence-electron chi connectivity index (χ0n) is 38.1. The normalized spacial score (nSPS) is 12.0. The molecular formula is C46H101N2O4P. The first-order valence-electron chi connectivity index (χ1n) is 23.9. The molecule has 0 fully saturated rings. The van der Waals surface area contributed by atoms with Gasteiger partial charge in [-0.25, -0.2) is 0 Å². The minimum Gasteiger partial charge on any atom is -0.790 e. The van der Waals surface area contributed by atoms with Crippen LogP contribution in [0.5, 0.6) is 0 Å². The van der Waals surface area contributed by atoms with E-state index in [1.54, 1.807) is 0 Å². The average Bonchev–Trinajstić information content (AvgIpc) is 3.16. The van der Waals surface area contributed by atoms with Crippen LogP contribution in [0.2, 0.25) is 0 Å². The Morgan fingerprint density at radius 1 is 0.340 bits per heavy atom. The van der Waals surface area contributed by atoms with Crippen molar-refractivity contribution >= 4 is 7.82 Å². The lowest BCUT2D eigenvalue weighted by Gasteiger charge is -2.35. The molecule has 0 saturated carbocycles. The largest absolute Gasteiger partial charge is 0.790 e. The molecule has 0 aliphatic carbocycles. The van der Waals surface area contributed by atoms with Crippen molar-refractivity contribution in [2.45, 2.75) is 242 Å². The number of phosphoric ester groups is 1. The summed E-state index contributed by atoms with van der Waals surface area (Å²) in [6.07, 6.45) is 37.4. The highest BCUT2D eigenvalue weighted by atomic mass is 31.2. The predicted octanol–water partition coefficient (Wildman–Crippen LogP) is 13.5. The lowest BCUT2D eigenvalue weighted by atomic mass is 10.0. The summed E-state index contributed by atoms with van der Waals surface area (Å²) in [6.45, 7) is 31.5. The van der Waals surface area contributed by atoms with Crippen molar-refractivity contribution in [2.24, 2.45) is 0 Å². The number of nitrogens with zero attached hydrogens (tertiary/aromatic N) is 2. The first kappa shape index (κ1) is 57.4. The lowest BCUT2D eigenvalue weighted by Crippen LogP contribution is -2.48. The third-order valence-electron chi connectivity index (χ3n) is 12.2. The van der Waals surface area contributed by atoms with Crippen molar-refractivity contribution in [1.82, 2.24) is 0 Å². The maximum atomic E-state index is 10.2.